The van der Waals surface area contributed by atoms with Crippen molar-refractivity contribution < 1.29 is 18.0 Å². The highest BCUT2D eigenvalue weighted by Gasteiger charge is 2.33. The van der Waals surface area contributed by atoms with Gasteiger partial charge in [0, 0.05) is 24.3 Å². The van der Waals surface area contributed by atoms with Crippen molar-refractivity contribution in [3.8, 4) is 0 Å². The van der Waals surface area contributed by atoms with Crippen molar-refractivity contribution in [2.24, 2.45) is 0 Å². The average Bonchev–Trinajstić information content (AvgIpc) is 2.53. The predicted octanol–water partition coefficient (Wildman–Crippen LogP) is 3.85. The van der Waals surface area contributed by atoms with Gasteiger partial charge in [-0.25, -0.2) is 9.97 Å². The molecule has 5 nitrogen and oxygen atoms in total. The number of carbonyl (C=O) groups is 1. The Balaban J connectivity index is 1.87. The molecule has 1 aromatic heterocycles. The van der Waals surface area contributed by atoms with Crippen LogP contribution < -0.4 is 10.6 Å². The van der Waals surface area contributed by atoms with Crippen LogP contribution in [0.3, 0.4) is 0 Å². The molecule has 0 aliphatic carbocycles. The van der Waals surface area contributed by atoms with Gasteiger partial charge < -0.3 is 10.6 Å². The third kappa shape index (κ3) is 6.02. The first kappa shape index (κ1) is 20.8. The molecule has 0 unspecified atom stereocenters. The number of nitrogens with one attached hydrogen (secondary N) is 2. The quantitative estimate of drug-likeness (QED) is 0.747. The molecule has 27 heavy (non-hydrogen) atoms. The zero-order valence-corrected chi connectivity index (χ0v) is 15.8. The number of rotatable bonds is 6. The zero-order chi connectivity index (χ0) is 20.2. The van der Waals surface area contributed by atoms with Crippen molar-refractivity contribution in [1.82, 2.24) is 15.3 Å². The Hall–Kier alpha value is -2.48. The van der Waals surface area contributed by atoms with E-state index in [0.717, 1.165) is 28.4 Å². The smallest absolute Gasteiger partial charge is 0.326 e. The van der Waals surface area contributed by atoms with E-state index in [1.165, 1.54) is 6.92 Å². The molecule has 0 fully saturated rings. The van der Waals surface area contributed by atoms with Crippen LogP contribution in [-0.4, -0.2) is 22.4 Å². The van der Waals surface area contributed by atoms with Gasteiger partial charge in [-0.2, -0.15) is 13.2 Å². The summed E-state index contributed by atoms with van der Waals surface area (Å²) in [5.74, 6) is -0.119. The zero-order valence-electron chi connectivity index (χ0n) is 15.8. The molecule has 0 atom stereocenters. The third-order valence-corrected chi connectivity index (χ3v) is 3.94. The predicted molar refractivity (Wildman–Crippen MR) is 97.4 cm³/mol. The molecule has 0 spiro atoms. The van der Waals surface area contributed by atoms with Gasteiger partial charge in [-0.1, -0.05) is 17.7 Å². The van der Waals surface area contributed by atoms with Gasteiger partial charge >= 0.3 is 6.18 Å². The van der Waals surface area contributed by atoms with Gasteiger partial charge in [0.2, 0.25) is 5.91 Å². The molecular formula is C19H23F3N4O. The second-order valence-corrected chi connectivity index (χ2v) is 6.56. The van der Waals surface area contributed by atoms with E-state index in [-0.39, 0.29) is 30.4 Å². The van der Waals surface area contributed by atoms with Crippen molar-refractivity contribution >= 4 is 11.6 Å². The largest absolute Gasteiger partial charge is 0.433 e. The second-order valence-electron chi connectivity index (χ2n) is 6.56. The molecule has 0 saturated carbocycles. The van der Waals surface area contributed by atoms with Crippen molar-refractivity contribution in [3.63, 3.8) is 0 Å². The lowest BCUT2D eigenvalue weighted by atomic mass is 10.1. The minimum absolute atomic E-state index is 0.0490. The molecule has 0 aliphatic heterocycles. The lowest BCUT2D eigenvalue weighted by molar-refractivity contribution is -0.141. The van der Waals surface area contributed by atoms with Crippen molar-refractivity contribution in [2.45, 2.75) is 46.8 Å². The first-order valence-corrected chi connectivity index (χ1v) is 8.56. The molecule has 0 bridgehead atoms. The molecule has 8 heteroatoms. The van der Waals surface area contributed by atoms with Gasteiger partial charge in [0.15, 0.2) is 0 Å². The van der Waals surface area contributed by atoms with E-state index in [1.807, 2.05) is 32.9 Å². The molecule has 1 aromatic carbocycles. The summed E-state index contributed by atoms with van der Waals surface area (Å²) >= 11 is 0. The number of aromatic nitrogens is 2. The Labute approximate surface area is 156 Å². The Morgan fingerprint density at radius 3 is 2.26 bits per heavy atom. The minimum atomic E-state index is -4.51. The summed E-state index contributed by atoms with van der Waals surface area (Å²) in [5, 5.41) is 5.79. The van der Waals surface area contributed by atoms with Crippen LogP contribution in [-0.2, 0) is 17.5 Å². The van der Waals surface area contributed by atoms with E-state index >= 15 is 0 Å². The Bertz CT molecular complexity index is 811. The molecule has 1 amide bonds. The highest BCUT2D eigenvalue weighted by atomic mass is 19.4. The summed E-state index contributed by atoms with van der Waals surface area (Å²) in [7, 11) is 0. The number of hydrogen-bond donors (Lipinski definition) is 2. The summed E-state index contributed by atoms with van der Waals surface area (Å²) in [4.78, 5) is 19.6. The number of amides is 1. The van der Waals surface area contributed by atoms with Crippen molar-refractivity contribution in [2.75, 3.05) is 11.9 Å². The Morgan fingerprint density at radius 1 is 1.04 bits per heavy atom. The second kappa shape index (κ2) is 8.47. The Kier molecular flexibility index (Phi) is 6.54. The molecule has 0 radical (unpaired) electrons. The maximum Gasteiger partial charge on any atom is 0.433 e. The lowest BCUT2D eigenvalue weighted by Crippen LogP contribution is -2.23. The van der Waals surface area contributed by atoms with Crippen LogP contribution in [0.1, 0.15) is 40.3 Å². The van der Waals surface area contributed by atoms with Gasteiger partial charge in [0.25, 0.3) is 0 Å². The van der Waals surface area contributed by atoms with Crippen molar-refractivity contribution in [1.29, 1.82) is 0 Å². The summed E-state index contributed by atoms with van der Waals surface area (Å²) in [5.41, 5.74) is 3.18. The number of benzene rings is 1. The number of nitrogens with zero attached hydrogens (tertiary/aromatic N) is 2. The van der Waals surface area contributed by atoms with E-state index in [9.17, 15) is 18.0 Å². The summed E-state index contributed by atoms with van der Waals surface area (Å²) in [6.45, 7) is 7.70. The van der Waals surface area contributed by atoms with Crippen LogP contribution in [0, 0.1) is 27.7 Å². The molecule has 146 valence electrons. The number of aryl methyl sites for hydroxylation is 4. The fraction of sp³-hybridized carbons (Fsp3) is 0.421. The van der Waals surface area contributed by atoms with E-state index in [1.54, 1.807) is 0 Å². The molecule has 2 aromatic rings. The van der Waals surface area contributed by atoms with Gasteiger partial charge in [-0.3, -0.25) is 4.79 Å². The lowest BCUT2D eigenvalue weighted by Gasteiger charge is -2.13. The first-order valence-electron chi connectivity index (χ1n) is 8.56. The maximum absolute atomic E-state index is 12.8. The fourth-order valence-corrected chi connectivity index (χ4v) is 2.84. The first-order chi connectivity index (χ1) is 12.6. The molecule has 1 heterocycles. The van der Waals surface area contributed by atoms with E-state index in [0.29, 0.717) is 6.54 Å². The fourth-order valence-electron chi connectivity index (χ4n) is 2.84. The van der Waals surface area contributed by atoms with Crippen LogP contribution in [0.4, 0.5) is 18.9 Å². The van der Waals surface area contributed by atoms with E-state index < -0.39 is 11.9 Å². The molecule has 2 rings (SSSR count). The summed E-state index contributed by atoms with van der Waals surface area (Å²) in [6, 6.07) is 4.89. The van der Waals surface area contributed by atoms with E-state index in [2.05, 4.69) is 20.6 Å². The highest BCUT2D eigenvalue weighted by molar-refractivity contribution is 5.92. The Morgan fingerprint density at radius 2 is 1.67 bits per heavy atom. The standard InChI is InChI=1S/C19H23F3N4O/c1-11-7-12(2)18(13(3)8-11)26-17(27)5-6-23-10-16-24-14(4)9-15(25-16)19(20,21)22/h7-9,23H,5-6,10H2,1-4H3,(H,26,27). The number of carbonyl (C=O) groups excluding carboxylic acids is 1. The third-order valence-electron chi connectivity index (χ3n) is 3.94. The van der Waals surface area contributed by atoms with Crippen LogP contribution in [0.2, 0.25) is 0 Å². The minimum Gasteiger partial charge on any atom is -0.326 e. The van der Waals surface area contributed by atoms with E-state index in [4.69, 9.17) is 0 Å². The molecule has 2 N–H and O–H groups in total. The van der Waals surface area contributed by atoms with Gasteiger partial charge in [0.05, 0.1) is 6.54 Å². The van der Waals surface area contributed by atoms with Gasteiger partial charge in [-0.15, -0.1) is 0 Å². The average molecular weight is 380 g/mol. The SMILES string of the molecule is Cc1cc(C)c(NC(=O)CCNCc2nc(C)cc(C(F)(F)F)n2)c(C)c1. The van der Waals surface area contributed by atoms with Crippen molar-refractivity contribution in [3.05, 3.63) is 52.1 Å². The summed E-state index contributed by atoms with van der Waals surface area (Å²) in [6.07, 6.45) is -4.32. The number of alkyl halides is 3. The highest BCUT2D eigenvalue weighted by Crippen LogP contribution is 2.27. The molecule has 0 aliphatic rings. The maximum atomic E-state index is 12.8. The van der Waals surface area contributed by atoms with Crippen LogP contribution in [0.5, 0.6) is 0 Å². The number of hydrogen-bond acceptors (Lipinski definition) is 4. The number of anilines is 1. The topological polar surface area (TPSA) is 66.9 Å². The van der Waals surface area contributed by atoms with Gasteiger partial charge in [-0.05, 0) is 44.9 Å². The number of halogens is 3. The van der Waals surface area contributed by atoms with Crippen LogP contribution in [0.25, 0.3) is 0 Å². The van der Waals surface area contributed by atoms with Gasteiger partial charge in [0.1, 0.15) is 11.5 Å². The van der Waals surface area contributed by atoms with Crippen LogP contribution in [0.15, 0.2) is 18.2 Å². The normalized spacial score (nSPS) is 11.5. The molecule has 0 saturated heterocycles. The summed E-state index contributed by atoms with van der Waals surface area (Å²) < 4.78 is 38.3. The van der Waals surface area contributed by atoms with Crippen LogP contribution >= 0.6 is 0 Å². The monoisotopic (exact) mass is 380 g/mol. The molecular weight excluding hydrogens is 357 g/mol.